The molecule has 2 rings (SSSR count). The van der Waals surface area contributed by atoms with Crippen molar-refractivity contribution in [3.63, 3.8) is 0 Å². The van der Waals surface area contributed by atoms with E-state index in [0.717, 1.165) is 24.0 Å². The second-order valence-corrected chi connectivity index (χ2v) is 6.03. The SMILES string of the molecule is CCCCCCCc1ccc(-c2ccc(CC)cc2F)cc1. The number of rotatable bonds is 8. The molecule has 118 valence electrons. The lowest BCUT2D eigenvalue weighted by atomic mass is 9.99. The first-order valence-corrected chi connectivity index (χ1v) is 8.62. The fourth-order valence-electron chi connectivity index (χ4n) is 2.80. The Morgan fingerprint density at radius 1 is 0.773 bits per heavy atom. The van der Waals surface area contributed by atoms with Gasteiger partial charge in [0.2, 0.25) is 0 Å². The molecule has 0 fully saturated rings. The zero-order valence-electron chi connectivity index (χ0n) is 13.9. The van der Waals surface area contributed by atoms with Gasteiger partial charge in [0.25, 0.3) is 0 Å². The Bertz CT molecular complexity index is 569. The molecule has 1 heteroatoms. The van der Waals surface area contributed by atoms with Crippen LogP contribution in [0.2, 0.25) is 0 Å². The van der Waals surface area contributed by atoms with Gasteiger partial charge < -0.3 is 0 Å². The molecule has 0 amide bonds. The zero-order valence-corrected chi connectivity index (χ0v) is 13.9. The van der Waals surface area contributed by atoms with Gasteiger partial charge in [0.15, 0.2) is 0 Å². The van der Waals surface area contributed by atoms with Gasteiger partial charge in [-0.2, -0.15) is 0 Å². The van der Waals surface area contributed by atoms with E-state index in [1.807, 2.05) is 31.2 Å². The zero-order chi connectivity index (χ0) is 15.8. The number of hydrogen-bond acceptors (Lipinski definition) is 0. The number of halogens is 1. The van der Waals surface area contributed by atoms with E-state index in [0.29, 0.717) is 5.56 Å². The fraction of sp³-hybridized carbons (Fsp3) is 0.429. The standard InChI is InChI=1S/C21H27F/c1-3-5-6-7-8-9-18-10-13-19(14-11-18)20-15-12-17(4-2)16-21(20)22/h10-16H,3-9H2,1-2H3. The van der Waals surface area contributed by atoms with Gasteiger partial charge in [-0.15, -0.1) is 0 Å². The third-order valence-corrected chi connectivity index (χ3v) is 4.28. The summed E-state index contributed by atoms with van der Waals surface area (Å²) < 4.78 is 14.1. The van der Waals surface area contributed by atoms with E-state index in [9.17, 15) is 4.39 Å². The summed E-state index contributed by atoms with van der Waals surface area (Å²) in [5.74, 6) is -0.119. The van der Waals surface area contributed by atoms with Crippen molar-refractivity contribution in [2.45, 2.75) is 58.8 Å². The molecule has 0 saturated carbocycles. The molecule has 0 aliphatic heterocycles. The molecule has 0 unspecified atom stereocenters. The fourth-order valence-corrected chi connectivity index (χ4v) is 2.80. The molecule has 2 aromatic carbocycles. The molecule has 0 nitrogen and oxygen atoms in total. The molecular weight excluding hydrogens is 271 g/mol. The molecule has 0 spiro atoms. The average molecular weight is 298 g/mol. The summed E-state index contributed by atoms with van der Waals surface area (Å²) in [5, 5.41) is 0. The molecule has 0 atom stereocenters. The average Bonchev–Trinajstić information content (AvgIpc) is 2.55. The van der Waals surface area contributed by atoms with Crippen LogP contribution in [0.1, 0.15) is 57.1 Å². The second-order valence-electron chi connectivity index (χ2n) is 6.03. The van der Waals surface area contributed by atoms with Crippen molar-refractivity contribution in [1.29, 1.82) is 0 Å². The van der Waals surface area contributed by atoms with Crippen LogP contribution in [0.3, 0.4) is 0 Å². The highest BCUT2D eigenvalue weighted by molar-refractivity contribution is 5.64. The van der Waals surface area contributed by atoms with Gasteiger partial charge in [-0.1, -0.05) is 75.9 Å². The maximum atomic E-state index is 14.1. The quantitative estimate of drug-likeness (QED) is 0.484. The molecule has 0 aromatic heterocycles. The van der Waals surface area contributed by atoms with Gasteiger partial charge in [-0.05, 0) is 42.0 Å². The second kappa shape index (κ2) is 8.73. The van der Waals surface area contributed by atoms with Crippen molar-refractivity contribution in [3.05, 3.63) is 59.4 Å². The van der Waals surface area contributed by atoms with Crippen molar-refractivity contribution >= 4 is 0 Å². The van der Waals surface area contributed by atoms with Crippen LogP contribution in [-0.4, -0.2) is 0 Å². The Kier molecular flexibility index (Phi) is 6.64. The maximum absolute atomic E-state index is 14.1. The molecule has 22 heavy (non-hydrogen) atoms. The van der Waals surface area contributed by atoms with Gasteiger partial charge in [-0.3, -0.25) is 0 Å². The van der Waals surface area contributed by atoms with Crippen molar-refractivity contribution < 1.29 is 4.39 Å². The first-order chi connectivity index (χ1) is 10.7. The molecule has 2 aromatic rings. The van der Waals surface area contributed by atoms with E-state index >= 15 is 0 Å². The van der Waals surface area contributed by atoms with E-state index in [-0.39, 0.29) is 5.82 Å². The molecule has 0 bridgehead atoms. The van der Waals surface area contributed by atoms with Gasteiger partial charge in [0, 0.05) is 5.56 Å². The summed E-state index contributed by atoms with van der Waals surface area (Å²) in [6.45, 7) is 4.29. The topological polar surface area (TPSA) is 0 Å². The van der Waals surface area contributed by atoms with E-state index in [2.05, 4.69) is 19.1 Å². The predicted molar refractivity (Wildman–Crippen MR) is 93.7 cm³/mol. The van der Waals surface area contributed by atoms with Crippen LogP contribution in [0, 0.1) is 5.82 Å². The first kappa shape index (κ1) is 16.7. The Morgan fingerprint density at radius 2 is 1.45 bits per heavy atom. The Hall–Kier alpha value is -1.63. The van der Waals surface area contributed by atoms with Crippen LogP contribution in [0.5, 0.6) is 0 Å². The summed E-state index contributed by atoms with van der Waals surface area (Å²) in [6, 6.07) is 13.9. The number of unbranched alkanes of at least 4 members (excludes halogenated alkanes) is 4. The van der Waals surface area contributed by atoms with E-state index in [1.165, 1.54) is 37.7 Å². The summed E-state index contributed by atoms with van der Waals surface area (Å²) in [5.41, 5.74) is 4.07. The minimum Gasteiger partial charge on any atom is -0.206 e. The highest BCUT2D eigenvalue weighted by Crippen LogP contribution is 2.24. The lowest BCUT2D eigenvalue weighted by molar-refractivity contribution is 0.629. The van der Waals surface area contributed by atoms with Gasteiger partial charge in [0.1, 0.15) is 5.82 Å². The minimum atomic E-state index is -0.119. The Morgan fingerprint density at radius 3 is 2.09 bits per heavy atom. The summed E-state index contributed by atoms with van der Waals surface area (Å²) in [4.78, 5) is 0. The molecule has 0 radical (unpaired) electrons. The maximum Gasteiger partial charge on any atom is 0.131 e. The van der Waals surface area contributed by atoms with Crippen molar-refractivity contribution in [2.24, 2.45) is 0 Å². The Balaban J connectivity index is 1.97. The minimum absolute atomic E-state index is 0.119. The number of aryl methyl sites for hydroxylation is 2. The third kappa shape index (κ3) is 4.69. The molecule has 0 aliphatic carbocycles. The lowest BCUT2D eigenvalue weighted by Gasteiger charge is -2.07. The van der Waals surface area contributed by atoms with Gasteiger partial charge in [0.05, 0.1) is 0 Å². The van der Waals surface area contributed by atoms with Crippen LogP contribution in [-0.2, 0) is 12.8 Å². The largest absolute Gasteiger partial charge is 0.206 e. The van der Waals surface area contributed by atoms with Crippen LogP contribution < -0.4 is 0 Å². The van der Waals surface area contributed by atoms with Crippen molar-refractivity contribution in [3.8, 4) is 11.1 Å². The first-order valence-electron chi connectivity index (χ1n) is 8.62. The summed E-state index contributed by atoms with van der Waals surface area (Å²) in [6.07, 6.45) is 8.52. The third-order valence-electron chi connectivity index (χ3n) is 4.28. The smallest absolute Gasteiger partial charge is 0.131 e. The molecule has 0 heterocycles. The van der Waals surface area contributed by atoms with E-state index in [4.69, 9.17) is 0 Å². The van der Waals surface area contributed by atoms with Crippen LogP contribution >= 0.6 is 0 Å². The van der Waals surface area contributed by atoms with Gasteiger partial charge in [-0.25, -0.2) is 4.39 Å². The van der Waals surface area contributed by atoms with Crippen molar-refractivity contribution in [1.82, 2.24) is 0 Å². The van der Waals surface area contributed by atoms with Crippen LogP contribution in [0.4, 0.5) is 4.39 Å². The predicted octanol–water partition coefficient (Wildman–Crippen LogP) is 6.57. The molecular formula is C21H27F. The lowest BCUT2D eigenvalue weighted by Crippen LogP contribution is -1.90. The van der Waals surface area contributed by atoms with Gasteiger partial charge >= 0.3 is 0 Å². The molecule has 0 aliphatic rings. The molecule has 0 N–H and O–H groups in total. The summed E-state index contributed by atoms with van der Waals surface area (Å²) in [7, 11) is 0. The number of benzene rings is 2. The van der Waals surface area contributed by atoms with Crippen molar-refractivity contribution in [2.75, 3.05) is 0 Å². The molecule has 0 saturated heterocycles. The highest BCUT2D eigenvalue weighted by Gasteiger charge is 2.05. The van der Waals surface area contributed by atoms with Crippen LogP contribution in [0.15, 0.2) is 42.5 Å². The highest BCUT2D eigenvalue weighted by atomic mass is 19.1. The monoisotopic (exact) mass is 298 g/mol. The van der Waals surface area contributed by atoms with E-state index in [1.54, 1.807) is 6.07 Å². The van der Waals surface area contributed by atoms with E-state index < -0.39 is 0 Å². The van der Waals surface area contributed by atoms with Crippen LogP contribution in [0.25, 0.3) is 11.1 Å². The Labute approximate surface area is 134 Å². The number of hydrogen-bond donors (Lipinski definition) is 0. The normalized spacial score (nSPS) is 10.9. The summed E-state index contributed by atoms with van der Waals surface area (Å²) >= 11 is 0.